The fourth-order valence-electron chi connectivity index (χ4n) is 2.70. The van der Waals surface area contributed by atoms with Gasteiger partial charge in [0.25, 0.3) is 5.91 Å². The summed E-state index contributed by atoms with van der Waals surface area (Å²) in [6.45, 7) is 6.97. The van der Waals surface area contributed by atoms with Crippen LogP contribution in [-0.2, 0) is 4.74 Å². The molecular weight excluding hydrogens is 300 g/mol. The van der Waals surface area contributed by atoms with Crippen molar-refractivity contribution in [3.63, 3.8) is 0 Å². The summed E-state index contributed by atoms with van der Waals surface area (Å²) in [5, 5.41) is 0. The van der Waals surface area contributed by atoms with Gasteiger partial charge in [0.2, 0.25) is 0 Å². The Kier molecular flexibility index (Phi) is 7.87. The van der Waals surface area contributed by atoms with Crippen LogP contribution in [0.25, 0.3) is 0 Å². The van der Waals surface area contributed by atoms with Crippen molar-refractivity contribution in [1.82, 2.24) is 4.90 Å². The van der Waals surface area contributed by atoms with E-state index in [4.69, 9.17) is 10.5 Å². The van der Waals surface area contributed by atoms with Crippen LogP contribution in [-0.4, -0.2) is 43.2 Å². The molecule has 0 atom stereocenters. The summed E-state index contributed by atoms with van der Waals surface area (Å²) in [5.74, 6) is 0.150. The first-order valence-electron chi connectivity index (χ1n) is 7.80. The number of aryl methyl sites for hydroxylation is 2. The number of hydrogen-bond donors (Lipinski definition) is 1. The van der Waals surface area contributed by atoms with E-state index in [1.807, 2.05) is 36.9 Å². The van der Waals surface area contributed by atoms with Gasteiger partial charge < -0.3 is 15.4 Å². The Bertz CT molecular complexity index is 486. The molecular formula is C17H27ClN2O2. The number of hydrogen-bond acceptors (Lipinski definition) is 3. The van der Waals surface area contributed by atoms with Crippen LogP contribution in [0.5, 0.6) is 0 Å². The van der Waals surface area contributed by atoms with Gasteiger partial charge in [0.1, 0.15) is 0 Å². The van der Waals surface area contributed by atoms with E-state index in [1.165, 1.54) is 0 Å². The fraction of sp³-hybridized carbons (Fsp3) is 0.588. The van der Waals surface area contributed by atoms with Crippen molar-refractivity contribution >= 4 is 18.3 Å². The molecule has 1 heterocycles. The Labute approximate surface area is 139 Å². The number of amides is 1. The number of nitrogens with two attached hydrogens (primary N) is 1. The second-order valence-corrected chi connectivity index (χ2v) is 5.82. The molecule has 0 unspecified atom stereocenters. The molecule has 0 bridgehead atoms. The summed E-state index contributed by atoms with van der Waals surface area (Å²) < 4.78 is 5.78. The third-order valence-electron chi connectivity index (χ3n) is 4.05. The quantitative estimate of drug-likeness (QED) is 0.846. The second-order valence-electron chi connectivity index (χ2n) is 5.82. The second kappa shape index (κ2) is 9.13. The highest BCUT2D eigenvalue weighted by atomic mass is 35.5. The molecule has 124 valence electrons. The average molecular weight is 327 g/mol. The van der Waals surface area contributed by atoms with Crippen LogP contribution < -0.4 is 5.73 Å². The SMILES string of the molecule is Cc1ccc(C)c(C(=O)N2CCC(OCCCN)CC2)c1.Cl. The molecule has 1 fully saturated rings. The van der Waals surface area contributed by atoms with Crippen molar-refractivity contribution in [3.05, 3.63) is 34.9 Å². The number of carbonyl (C=O) groups is 1. The highest BCUT2D eigenvalue weighted by molar-refractivity contribution is 5.95. The summed E-state index contributed by atoms with van der Waals surface area (Å²) in [6, 6.07) is 6.05. The average Bonchev–Trinajstić information content (AvgIpc) is 2.50. The number of benzene rings is 1. The number of piperidine rings is 1. The van der Waals surface area contributed by atoms with E-state index in [2.05, 4.69) is 0 Å². The molecule has 0 saturated carbocycles. The first kappa shape index (κ1) is 18.9. The van der Waals surface area contributed by atoms with Gasteiger partial charge in [0.05, 0.1) is 6.10 Å². The molecule has 5 heteroatoms. The maximum Gasteiger partial charge on any atom is 0.254 e. The van der Waals surface area contributed by atoms with Gasteiger partial charge in [-0.1, -0.05) is 17.7 Å². The minimum absolute atomic E-state index is 0. The lowest BCUT2D eigenvalue weighted by Crippen LogP contribution is -2.41. The molecule has 0 spiro atoms. The van der Waals surface area contributed by atoms with Gasteiger partial charge in [0.15, 0.2) is 0 Å². The lowest BCUT2D eigenvalue weighted by molar-refractivity contribution is 0.00843. The molecule has 4 nitrogen and oxygen atoms in total. The molecule has 0 aromatic heterocycles. The third-order valence-corrected chi connectivity index (χ3v) is 4.05. The first-order chi connectivity index (χ1) is 10.1. The van der Waals surface area contributed by atoms with Crippen LogP contribution in [0.3, 0.4) is 0 Å². The van der Waals surface area contributed by atoms with Gasteiger partial charge in [-0.05, 0) is 51.3 Å². The first-order valence-corrected chi connectivity index (χ1v) is 7.80. The van der Waals surface area contributed by atoms with Crippen LogP contribution in [0.4, 0.5) is 0 Å². The number of ether oxygens (including phenoxy) is 1. The maximum atomic E-state index is 12.6. The van der Waals surface area contributed by atoms with Crippen LogP contribution in [0.1, 0.15) is 40.7 Å². The molecule has 1 aliphatic rings. The van der Waals surface area contributed by atoms with Crippen molar-refractivity contribution in [2.24, 2.45) is 5.73 Å². The van der Waals surface area contributed by atoms with Crippen molar-refractivity contribution < 1.29 is 9.53 Å². The van der Waals surface area contributed by atoms with Crippen molar-refractivity contribution in [2.75, 3.05) is 26.2 Å². The Morgan fingerprint density at radius 1 is 1.32 bits per heavy atom. The van der Waals surface area contributed by atoms with E-state index in [-0.39, 0.29) is 24.4 Å². The summed E-state index contributed by atoms with van der Waals surface area (Å²) >= 11 is 0. The fourth-order valence-corrected chi connectivity index (χ4v) is 2.70. The summed E-state index contributed by atoms with van der Waals surface area (Å²) in [4.78, 5) is 14.6. The van der Waals surface area contributed by atoms with Crippen LogP contribution in [0.2, 0.25) is 0 Å². The van der Waals surface area contributed by atoms with E-state index in [1.54, 1.807) is 0 Å². The van der Waals surface area contributed by atoms with Crippen molar-refractivity contribution in [1.29, 1.82) is 0 Å². The molecule has 1 aromatic rings. The van der Waals surface area contributed by atoms with E-state index >= 15 is 0 Å². The number of nitrogens with zero attached hydrogens (tertiary/aromatic N) is 1. The number of likely N-dealkylation sites (tertiary alicyclic amines) is 1. The minimum Gasteiger partial charge on any atom is -0.378 e. The smallest absolute Gasteiger partial charge is 0.254 e. The van der Waals surface area contributed by atoms with Crippen LogP contribution >= 0.6 is 12.4 Å². The van der Waals surface area contributed by atoms with Gasteiger partial charge in [-0.15, -0.1) is 12.4 Å². The van der Waals surface area contributed by atoms with Gasteiger partial charge in [-0.2, -0.15) is 0 Å². The lowest BCUT2D eigenvalue weighted by atomic mass is 10.0. The molecule has 1 amide bonds. The zero-order valence-electron chi connectivity index (χ0n) is 13.5. The molecule has 0 radical (unpaired) electrons. The van der Waals surface area contributed by atoms with E-state index in [9.17, 15) is 4.79 Å². The van der Waals surface area contributed by atoms with E-state index in [0.29, 0.717) is 6.54 Å². The Morgan fingerprint density at radius 3 is 2.64 bits per heavy atom. The molecule has 1 saturated heterocycles. The van der Waals surface area contributed by atoms with E-state index in [0.717, 1.165) is 55.6 Å². The summed E-state index contributed by atoms with van der Waals surface area (Å²) in [6.07, 6.45) is 3.02. The highest BCUT2D eigenvalue weighted by Gasteiger charge is 2.24. The Morgan fingerprint density at radius 2 is 2.00 bits per heavy atom. The van der Waals surface area contributed by atoms with Crippen molar-refractivity contribution in [2.45, 2.75) is 39.2 Å². The van der Waals surface area contributed by atoms with E-state index < -0.39 is 0 Å². The number of halogens is 1. The number of carbonyl (C=O) groups excluding carboxylic acids is 1. The molecule has 1 aliphatic heterocycles. The van der Waals surface area contributed by atoms with Gasteiger partial charge in [0, 0.05) is 25.3 Å². The van der Waals surface area contributed by atoms with Crippen molar-refractivity contribution in [3.8, 4) is 0 Å². The molecule has 2 N–H and O–H groups in total. The molecule has 2 rings (SSSR count). The zero-order chi connectivity index (χ0) is 15.2. The predicted molar refractivity (Wildman–Crippen MR) is 91.7 cm³/mol. The molecule has 1 aromatic carbocycles. The zero-order valence-corrected chi connectivity index (χ0v) is 14.3. The molecule has 0 aliphatic carbocycles. The standard InChI is InChI=1S/C17H26N2O2.ClH/c1-13-4-5-14(2)16(12-13)17(20)19-9-6-15(7-10-19)21-11-3-8-18;/h4-5,12,15H,3,6-11,18H2,1-2H3;1H. The monoisotopic (exact) mass is 326 g/mol. The Balaban J connectivity index is 0.00000242. The number of rotatable bonds is 5. The van der Waals surface area contributed by atoms with Crippen LogP contribution in [0.15, 0.2) is 18.2 Å². The largest absolute Gasteiger partial charge is 0.378 e. The predicted octanol–water partition coefficient (Wildman–Crippen LogP) is 2.70. The highest BCUT2D eigenvalue weighted by Crippen LogP contribution is 2.19. The van der Waals surface area contributed by atoms with Gasteiger partial charge in [-0.3, -0.25) is 4.79 Å². The maximum absolute atomic E-state index is 12.6. The third kappa shape index (κ3) is 4.97. The van der Waals surface area contributed by atoms with Gasteiger partial charge >= 0.3 is 0 Å². The van der Waals surface area contributed by atoms with Crippen LogP contribution in [0, 0.1) is 13.8 Å². The molecule has 22 heavy (non-hydrogen) atoms. The topological polar surface area (TPSA) is 55.6 Å². The normalized spacial score (nSPS) is 15.5. The minimum atomic E-state index is 0. The Hall–Kier alpha value is -1.10. The lowest BCUT2D eigenvalue weighted by Gasteiger charge is -2.32. The summed E-state index contributed by atoms with van der Waals surface area (Å²) in [7, 11) is 0. The summed E-state index contributed by atoms with van der Waals surface area (Å²) in [5.41, 5.74) is 8.47. The van der Waals surface area contributed by atoms with Gasteiger partial charge in [-0.25, -0.2) is 0 Å².